The lowest BCUT2D eigenvalue weighted by Gasteiger charge is -2.14. The maximum absolute atomic E-state index is 14.4. The van der Waals surface area contributed by atoms with Crippen LogP contribution in [0.25, 0.3) is 16.9 Å². The number of imidazole rings is 1. The van der Waals surface area contributed by atoms with E-state index in [2.05, 4.69) is 18.8 Å². The normalized spacial score (nSPS) is 11.3. The molecule has 0 unspecified atom stereocenters. The largest absolute Gasteiger partial charge is 0.465 e. The number of rotatable bonds is 7. The van der Waals surface area contributed by atoms with Crippen molar-refractivity contribution < 1.29 is 13.9 Å². The molecule has 0 saturated carbocycles. The van der Waals surface area contributed by atoms with Gasteiger partial charge in [-0.1, -0.05) is 44.2 Å². The summed E-state index contributed by atoms with van der Waals surface area (Å²) in [6, 6.07) is 13.3. The molecule has 0 bridgehead atoms. The Morgan fingerprint density at radius 1 is 1.09 bits per heavy atom. The fourth-order valence-electron chi connectivity index (χ4n) is 3.82. The molecule has 34 heavy (non-hydrogen) atoms. The molecular weight excluding hydrogens is 439 g/mol. The third-order valence-corrected chi connectivity index (χ3v) is 5.61. The molecule has 0 aliphatic heterocycles. The topological polar surface area (TPSA) is 88.1 Å². The lowest BCUT2D eigenvalue weighted by atomic mass is 10.0. The van der Waals surface area contributed by atoms with Crippen molar-refractivity contribution in [2.75, 3.05) is 6.61 Å². The van der Waals surface area contributed by atoms with Gasteiger partial charge in [-0.3, -0.25) is 14.2 Å². The molecule has 2 aromatic heterocycles. The number of halogens is 1. The summed E-state index contributed by atoms with van der Waals surface area (Å²) in [6.07, 6.45) is 1.33. The van der Waals surface area contributed by atoms with Crippen molar-refractivity contribution in [2.45, 2.75) is 39.8 Å². The number of carbonyl (C=O) groups excluding carboxylic acids is 1. The van der Waals surface area contributed by atoms with Gasteiger partial charge in [-0.15, -0.1) is 0 Å². The van der Waals surface area contributed by atoms with Gasteiger partial charge in [0.05, 0.1) is 25.2 Å². The van der Waals surface area contributed by atoms with Crippen molar-refractivity contribution in [1.82, 2.24) is 18.7 Å². The summed E-state index contributed by atoms with van der Waals surface area (Å²) in [5.41, 5.74) is 0.626. The smallest absolute Gasteiger partial charge is 0.337 e. The number of carbonyl (C=O) groups is 1. The van der Waals surface area contributed by atoms with E-state index in [1.165, 1.54) is 33.7 Å². The number of benzene rings is 2. The molecule has 0 aliphatic rings. The summed E-state index contributed by atoms with van der Waals surface area (Å²) >= 11 is 0. The van der Waals surface area contributed by atoms with Crippen molar-refractivity contribution in [3.05, 3.63) is 92.6 Å². The molecule has 2 heterocycles. The molecule has 4 rings (SSSR count). The Morgan fingerprint density at radius 3 is 2.44 bits per heavy atom. The van der Waals surface area contributed by atoms with Gasteiger partial charge < -0.3 is 9.30 Å². The molecule has 0 saturated heterocycles. The average molecular weight is 464 g/mol. The molecule has 0 radical (unpaired) electrons. The Morgan fingerprint density at radius 2 is 1.79 bits per heavy atom. The van der Waals surface area contributed by atoms with E-state index < -0.39 is 23.0 Å². The average Bonchev–Trinajstić information content (AvgIpc) is 3.21. The number of ether oxygens (including phenoxy) is 1. The molecule has 176 valence electrons. The molecule has 0 atom stereocenters. The van der Waals surface area contributed by atoms with E-state index in [1.807, 2.05) is 12.1 Å². The van der Waals surface area contributed by atoms with Crippen LogP contribution in [-0.4, -0.2) is 31.3 Å². The maximum atomic E-state index is 14.4. The number of hydrogen-bond donors (Lipinski definition) is 0. The van der Waals surface area contributed by atoms with E-state index in [4.69, 9.17) is 4.74 Å². The Labute approximate surface area is 194 Å². The molecule has 0 aliphatic carbocycles. The molecule has 9 heteroatoms. The van der Waals surface area contributed by atoms with Crippen LogP contribution in [-0.2, 0) is 22.6 Å². The zero-order valence-electron chi connectivity index (χ0n) is 19.2. The number of nitrogens with zero attached hydrogens (tertiary/aromatic N) is 4. The Hall–Kier alpha value is -4.01. The van der Waals surface area contributed by atoms with Gasteiger partial charge in [0.15, 0.2) is 11.2 Å². The van der Waals surface area contributed by atoms with Crippen molar-refractivity contribution in [2.24, 2.45) is 0 Å². The van der Waals surface area contributed by atoms with Gasteiger partial charge in [0.2, 0.25) is 0 Å². The zero-order valence-corrected chi connectivity index (χ0v) is 19.2. The molecule has 0 N–H and O–H groups in total. The van der Waals surface area contributed by atoms with Gasteiger partial charge in [0, 0.05) is 5.56 Å². The third kappa shape index (κ3) is 4.28. The van der Waals surface area contributed by atoms with Gasteiger partial charge in [-0.2, -0.15) is 0 Å². The predicted octanol–water partition coefficient (Wildman–Crippen LogP) is 3.22. The van der Waals surface area contributed by atoms with E-state index in [0.717, 1.165) is 10.1 Å². The highest BCUT2D eigenvalue weighted by Crippen LogP contribution is 2.19. The minimum Gasteiger partial charge on any atom is -0.465 e. The zero-order chi connectivity index (χ0) is 24.4. The van der Waals surface area contributed by atoms with Gasteiger partial charge >= 0.3 is 11.7 Å². The number of esters is 1. The van der Waals surface area contributed by atoms with Crippen LogP contribution in [0.2, 0.25) is 0 Å². The van der Waals surface area contributed by atoms with Gasteiger partial charge in [-0.05, 0) is 36.6 Å². The molecule has 4 aromatic rings. The van der Waals surface area contributed by atoms with Crippen LogP contribution in [0.4, 0.5) is 4.39 Å². The van der Waals surface area contributed by atoms with Crippen LogP contribution < -0.4 is 11.2 Å². The molecule has 2 aromatic carbocycles. The first-order valence-electron chi connectivity index (χ1n) is 11.0. The van der Waals surface area contributed by atoms with Gasteiger partial charge in [0.25, 0.3) is 5.56 Å². The van der Waals surface area contributed by atoms with E-state index >= 15 is 0 Å². The number of hydrogen-bond acceptors (Lipinski definition) is 5. The molecule has 0 fully saturated rings. The first-order valence-corrected chi connectivity index (χ1v) is 11.0. The maximum Gasteiger partial charge on any atom is 0.337 e. The highest BCUT2D eigenvalue weighted by Gasteiger charge is 2.21. The van der Waals surface area contributed by atoms with E-state index in [1.54, 1.807) is 25.1 Å². The quantitative estimate of drug-likeness (QED) is 0.392. The monoisotopic (exact) mass is 464 g/mol. The molecule has 0 spiro atoms. The minimum atomic E-state index is -0.667. The van der Waals surface area contributed by atoms with Crippen LogP contribution in [0.1, 0.15) is 37.8 Å². The Balaban J connectivity index is 1.97. The summed E-state index contributed by atoms with van der Waals surface area (Å²) in [5.74, 6) is -0.771. The second-order valence-corrected chi connectivity index (χ2v) is 8.20. The van der Waals surface area contributed by atoms with Crippen LogP contribution in [0.5, 0.6) is 0 Å². The standard InChI is InChI=1S/C25H25FN4O4/c1-4-34-21(31)14-28-15-27-23-22(28)24(32)29(13-18-7-5-6-8-20(18)26)25(33)30(23)19-11-9-17(10-12-19)16(2)3/h5-12,15-16H,4,13-14H2,1-3H3. The second kappa shape index (κ2) is 9.46. The van der Waals surface area contributed by atoms with Crippen molar-refractivity contribution >= 4 is 17.1 Å². The highest BCUT2D eigenvalue weighted by atomic mass is 19.1. The minimum absolute atomic E-state index is 0.0527. The SMILES string of the molecule is CCOC(=O)Cn1cnc2c1c(=O)n(Cc1ccccc1F)c(=O)n2-c1ccc(C(C)C)cc1. The first-order chi connectivity index (χ1) is 16.3. The second-order valence-electron chi connectivity index (χ2n) is 8.20. The van der Waals surface area contributed by atoms with Crippen LogP contribution in [0.15, 0.2) is 64.4 Å². The third-order valence-electron chi connectivity index (χ3n) is 5.61. The number of fused-ring (bicyclic) bond motifs is 1. The summed E-state index contributed by atoms with van der Waals surface area (Å²) < 4.78 is 23.0. The lowest BCUT2D eigenvalue weighted by Crippen LogP contribution is -2.40. The lowest BCUT2D eigenvalue weighted by molar-refractivity contribution is -0.143. The van der Waals surface area contributed by atoms with Crippen LogP contribution in [0.3, 0.4) is 0 Å². The highest BCUT2D eigenvalue weighted by molar-refractivity contribution is 5.76. The molecular formula is C25H25FN4O4. The van der Waals surface area contributed by atoms with E-state index in [0.29, 0.717) is 11.6 Å². The number of aromatic nitrogens is 4. The van der Waals surface area contributed by atoms with Crippen molar-refractivity contribution in [3.63, 3.8) is 0 Å². The van der Waals surface area contributed by atoms with E-state index in [-0.39, 0.29) is 36.4 Å². The summed E-state index contributed by atoms with van der Waals surface area (Å²) in [4.78, 5) is 43.4. The molecule has 0 amide bonds. The van der Waals surface area contributed by atoms with Crippen LogP contribution in [0, 0.1) is 5.82 Å². The summed E-state index contributed by atoms with van der Waals surface area (Å²) in [7, 11) is 0. The fourth-order valence-corrected chi connectivity index (χ4v) is 3.82. The summed E-state index contributed by atoms with van der Waals surface area (Å²) in [6.45, 7) is 5.48. The first kappa shape index (κ1) is 23.2. The Kier molecular flexibility index (Phi) is 6.45. The van der Waals surface area contributed by atoms with Crippen LogP contribution >= 0.6 is 0 Å². The summed E-state index contributed by atoms with van der Waals surface area (Å²) in [5, 5.41) is 0. The van der Waals surface area contributed by atoms with Crippen molar-refractivity contribution in [1.29, 1.82) is 0 Å². The fraction of sp³-hybridized carbons (Fsp3) is 0.280. The Bertz CT molecular complexity index is 1470. The predicted molar refractivity (Wildman–Crippen MR) is 126 cm³/mol. The van der Waals surface area contributed by atoms with E-state index in [9.17, 15) is 18.8 Å². The van der Waals surface area contributed by atoms with Gasteiger partial charge in [-0.25, -0.2) is 18.7 Å². The molecule has 8 nitrogen and oxygen atoms in total. The van der Waals surface area contributed by atoms with Crippen molar-refractivity contribution in [3.8, 4) is 5.69 Å². The van der Waals surface area contributed by atoms with Gasteiger partial charge in [0.1, 0.15) is 12.4 Å².